The summed E-state index contributed by atoms with van der Waals surface area (Å²) < 4.78 is 66.4. The normalized spacial score (nSPS) is 11.7. The van der Waals surface area contributed by atoms with Gasteiger partial charge in [0, 0.05) is 12.1 Å². The van der Waals surface area contributed by atoms with E-state index in [9.17, 15) is 22.0 Å². The van der Waals surface area contributed by atoms with Gasteiger partial charge in [0.25, 0.3) is 6.43 Å². The molecule has 2 aromatic heterocycles. The number of nitrogens with one attached hydrogen (secondary N) is 1. The molecule has 1 aromatic carbocycles. The molecule has 3 N–H and O–H groups in total. The van der Waals surface area contributed by atoms with Gasteiger partial charge in [0.1, 0.15) is 17.2 Å². The molecule has 0 fully saturated rings. The average Bonchev–Trinajstić information content (AvgIpc) is 2.95. The fourth-order valence-corrected chi connectivity index (χ4v) is 1.95. The molecule has 0 aliphatic rings. The quantitative estimate of drug-likeness (QED) is 0.565. The first-order valence-corrected chi connectivity index (χ1v) is 5.55. The standard InChI is InChI=1S/C11H6F5N5/c12-3-1-5(14)6(2-4(3)13)21-11-7(10(17)18-19-11)8(20-21)9(15)16/h1-2,9H,(H3,17,18,19). The fraction of sp³-hybridized carbons (Fsp3) is 0.0909. The van der Waals surface area contributed by atoms with E-state index in [4.69, 9.17) is 5.73 Å². The molecule has 110 valence electrons. The maximum Gasteiger partial charge on any atom is 0.282 e. The zero-order chi connectivity index (χ0) is 15.3. The molecule has 0 aliphatic carbocycles. The van der Waals surface area contributed by atoms with Crippen LogP contribution in [0, 0.1) is 17.5 Å². The summed E-state index contributed by atoms with van der Waals surface area (Å²) in [7, 11) is 0. The number of halogens is 5. The van der Waals surface area contributed by atoms with E-state index in [1.165, 1.54) is 0 Å². The SMILES string of the molecule is Nc1[nH]nc2c1c(C(F)F)nn2-c1cc(F)c(F)cc1F. The van der Waals surface area contributed by atoms with Gasteiger partial charge in [0.2, 0.25) is 0 Å². The van der Waals surface area contributed by atoms with Crippen molar-refractivity contribution in [2.45, 2.75) is 6.43 Å². The highest BCUT2D eigenvalue weighted by Gasteiger charge is 2.25. The molecular weight excluding hydrogens is 297 g/mol. The molecule has 5 nitrogen and oxygen atoms in total. The van der Waals surface area contributed by atoms with Crippen molar-refractivity contribution in [3.63, 3.8) is 0 Å². The summed E-state index contributed by atoms with van der Waals surface area (Å²) in [5, 5.41) is 9.16. The molecule has 0 saturated heterocycles. The molecule has 0 bridgehead atoms. The van der Waals surface area contributed by atoms with Gasteiger partial charge < -0.3 is 5.73 Å². The van der Waals surface area contributed by atoms with Crippen molar-refractivity contribution in [3.05, 3.63) is 35.3 Å². The number of nitrogens with two attached hydrogens (primary N) is 1. The number of benzene rings is 1. The molecular formula is C11H6F5N5. The summed E-state index contributed by atoms with van der Waals surface area (Å²) in [6, 6.07) is 0.785. The van der Waals surface area contributed by atoms with E-state index in [2.05, 4.69) is 15.3 Å². The number of H-pyrrole nitrogens is 1. The van der Waals surface area contributed by atoms with Crippen molar-refractivity contribution in [2.24, 2.45) is 0 Å². The fourth-order valence-electron chi connectivity index (χ4n) is 1.95. The van der Waals surface area contributed by atoms with Gasteiger partial charge in [-0.3, -0.25) is 5.10 Å². The molecule has 0 unspecified atom stereocenters. The molecule has 10 heteroatoms. The van der Waals surface area contributed by atoms with Gasteiger partial charge in [-0.05, 0) is 0 Å². The van der Waals surface area contributed by atoms with Crippen molar-refractivity contribution >= 4 is 16.9 Å². The summed E-state index contributed by atoms with van der Waals surface area (Å²) in [6.45, 7) is 0. The number of hydrogen-bond donors (Lipinski definition) is 2. The molecule has 3 rings (SSSR count). The zero-order valence-electron chi connectivity index (χ0n) is 10.0. The summed E-state index contributed by atoms with van der Waals surface area (Å²) in [6.07, 6.45) is -3.00. The third-order valence-electron chi connectivity index (χ3n) is 2.86. The maximum atomic E-state index is 13.7. The Bertz CT molecular complexity index is 837. The Hall–Kier alpha value is -2.65. The number of aromatic amines is 1. The van der Waals surface area contributed by atoms with E-state index in [0.717, 1.165) is 0 Å². The van der Waals surface area contributed by atoms with Gasteiger partial charge in [-0.2, -0.15) is 10.2 Å². The topological polar surface area (TPSA) is 72.5 Å². The van der Waals surface area contributed by atoms with Crippen LogP contribution in [0.3, 0.4) is 0 Å². The van der Waals surface area contributed by atoms with Gasteiger partial charge in [-0.15, -0.1) is 0 Å². The second-order valence-electron chi connectivity index (χ2n) is 4.15. The molecule has 21 heavy (non-hydrogen) atoms. The van der Waals surface area contributed by atoms with Crippen LogP contribution in [0.5, 0.6) is 0 Å². The van der Waals surface area contributed by atoms with Gasteiger partial charge >= 0.3 is 0 Å². The Morgan fingerprint density at radius 3 is 2.43 bits per heavy atom. The zero-order valence-corrected chi connectivity index (χ0v) is 10.0. The van der Waals surface area contributed by atoms with Crippen LogP contribution in [-0.2, 0) is 0 Å². The number of aromatic nitrogens is 4. The molecule has 0 radical (unpaired) electrons. The van der Waals surface area contributed by atoms with Gasteiger partial charge in [0.05, 0.1) is 5.39 Å². The largest absolute Gasteiger partial charge is 0.383 e. The molecule has 0 atom stereocenters. The number of alkyl halides is 2. The summed E-state index contributed by atoms with van der Waals surface area (Å²) in [5.74, 6) is -4.12. The highest BCUT2D eigenvalue weighted by Crippen LogP contribution is 2.32. The first-order valence-electron chi connectivity index (χ1n) is 5.55. The van der Waals surface area contributed by atoms with Crippen LogP contribution >= 0.6 is 0 Å². The third kappa shape index (κ3) is 1.90. The Morgan fingerprint density at radius 1 is 1.10 bits per heavy atom. The second kappa shape index (κ2) is 4.43. The minimum atomic E-state index is -3.00. The van der Waals surface area contributed by atoms with E-state index in [1.54, 1.807) is 0 Å². The molecule has 3 aromatic rings. The van der Waals surface area contributed by atoms with Gasteiger partial charge in [-0.1, -0.05) is 0 Å². The van der Waals surface area contributed by atoms with Crippen LogP contribution in [0.15, 0.2) is 12.1 Å². The molecule has 0 saturated carbocycles. The number of fused-ring (bicyclic) bond motifs is 1. The number of rotatable bonds is 2. The lowest BCUT2D eigenvalue weighted by molar-refractivity contribution is 0.147. The average molecular weight is 303 g/mol. The summed E-state index contributed by atoms with van der Waals surface area (Å²) in [4.78, 5) is 0. The lowest BCUT2D eigenvalue weighted by atomic mass is 10.2. The first-order chi connectivity index (χ1) is 9.90. The van der Waals surface area contributed by atoms with Crippen LogP contribution in [0.25, 0.3) is 16.7 Å². The van der Waals surface area contributed by atoms with Crippen molar-refractivity contribution in [2.75, 3.05) is 5.73 Å². The van der Waals surface area contributed by atoms with Crippen LogP contribution in [0.4, 0.5) is 27.8 Å². The monoisotopic (exact) mass is 303 g/mol. The van der Waals surface area contributed by atoms with E-state index in [0.29, 0.717) is 10.7 Å². The maximum absolute atomic E-state index is 13.7. The highest BCUT2D eigenvalue weighted by molar-refractivity contribution is 5.90. The second-order valence-corrected chi connectivity index (χ2v) is 4.15. The van der Waals surface area contributed by atoms with Crippen molar-refractivity contribution in [1.29, 1.82) is 0 Å². The van der Waals surface area contributed by atoms with Crippen LogP contribution < -0.4 is 5.73 Å². The predicted molar refractivity (Wildman–Crippen MR) is 62.5 cm³/mol. The minimum absolute atomic E-state index is 0.186. The number of hydrogen-bond acceptors (Lipinski definition) is 3. The Balaban J connectivity index is 2.33. The van der Waals surface area contributed by atoms with Crippen molar-refractivity contribution in [1.82, 2.24) is 20.0 Å². The predicted octanol–water partition coefficient (Wildman–Crippen LogP) is 2.69. The van der Waals surface area contributed by atoms with E-state index in [-0.39, 0.29) is 22.9 Å². The van der Waals surface area contributed by atoms with E-state index < -0.39 is 35.3 Å². The lowest BCUT2D eigenvalue weighted by Gasteiger charge is -2.04. The van der Waals surface area contributed by atoms with E-state index >= 15 is 0 Å². The number of nitrogen functional groups attached to an aromatic ring is 1. The third-order valence-corrected chi connectivity index (χ3v) is 2.86. The first kappa shape index (κ1) is 13.3. The Morgan fingerprint density at radius 2 is 1.76 bits per heavy atom. The number of nitrogens with zero attached hydrogens (tertiary/aromatic N) is 3. The molecule has 2 heterocycles. The van der Waals surface area contributed by atoms with Crippen LogP contribution in [-0.4, -0.2) is 20.0 Å². The Labute approximate surface area is 113 Å². The summed E-state index contributed by atoms with van der Waals surface area (Å²) in [5.41, 5.74) is 3.96. The minimum Gasteiger partial charge on any atom is -0.383 e. The van der Waals surface area contributed by atoms with Gasteiger partial charge in [0.15, 0.2) is 23.1 Å². The molecule has 0 amide bonds. The van der Waals surface area contributed by atoms with Gasteiger partial charge in [-0.25, -0.2) is 26.6 Å². The van der Waals surface area contributed by atoms with Crippen molar-refractivity contribution < 1.29 is 22.0 Å². The summed E-state index contributed by atoms with van der Waals surface area (Å²) >= 11 is 0. The Kier molecular flexibility index (Phi) is 2.81. The molecule has 0 aliphatic heterocycles. The van der Waals surface area contributed by atoms with Crippen LogP contribution in [0.2, 0.25) is 0 Å². The highest BCUT2D eigenvalue weighted by atomic mass is 19.3. The lowest BCUT2D eigenvalue weighted by Crippen LogP contribution is -2.04. The van der Waals surface area contributed by atoms with E-state index in [1.807, 2.05) is 0 Å². The van der Waals surface area contributed by atoms with Crippen LogP contribution in [0.1, 0.15) is 12.1 Å². The number of anilines is 1. The molecule has 0 spiro atoms. The van der Waals surface area contributed by atoms with Crippen molar-refractivity contribution in [3.8, 4) is 5.69 Å². The smallest absolute Gasteiger partial charge is 0.282 e.